The van der Waals surface area contributed by atoms with E-state index in [0.29, 0.717) is 17.8 Å². The summed E-state index contributed by atoms with van der Waals surface area (Å²) in [5.41, 5.74) is 2.93. The summed E-state index contributed by atoms with van der Waals surface area (Å²) >= 11 is 0. The molecule has 1 heterocycles. The molecule has 0 aliphatic carbocycles. The number of hydrogen-bond donors (Lipinski definition) is 2. The topological polar surface area (TPSA) is 102 Å². The molecule has 3 aromatic rings. The molecule has 0 aliphatic heterocycles. The molecule has 8 heteroatoms. The van der Waals surface area contributed by atoms with Gasteiger partial charge in [0.2, 0.25) is 5.91 Å². The second kappa shape index (κ2) is 7.35. The minimum atomic E-state index is -0.207. The monoisotopic (exact) mass is 336 g/mol. The van der Waals surface area contributed by atoms with E-state index in [1.54, 1.807) is 24.3 Å². The molecule has 2 N–H and O–H groups in total. The van der Waals surface area contributed by atoms with Crippen LogP contribution in [0.2, 0.25) is 0 Å². The molecule has 0 fully saturated rings. The third-order valence-electron chi connectivity index (χ3n) is 3.50. The van der Waals surface area contributed by atoms with Crippen LogP contribution >= 0.6 is 0 Å². The number of nitrogens with one attached hydrogen (secondary N) is 2. The summed E-state index contributed by atoms with van der Waals surface area (Å²) in [5, 5.41) is 16.5. The summed E-state index contributed by atoms with van der Waals surface area (Å²) in [6, 6.07) is 14.2. The molecular formula is C17H16N6O2. The molecule has 3 rings (SSSR count). The van der Waals surface area contributed by atoms with Gasteiger partial charge in [-0.3, -0.25) is 9.59 Å². The molecule has 126 valence electrons. The molecule has 0 saturated carbocycles. The van der Waals surface area contributed by atoms with E-state index in [-0.39, 0.29) is 11.8 Å². The van der Waals surface area contributed by atoms with Crippen LogP contribution in [0.1, 0.15) is 22.8 Å². The molecule has 2 aromatic carbocycles. The lowest BCUT2D eigenvalue weighted by Gasteiger charge is -2.07. The molecule has 0 atom stereocenters. The Bertz CT molecular complexity index is 857. The number of anilines is 1. The van der Waals surface area contributed by atoms with Gasteiger partial charge in [-0.15, -0.1) is 5.10 Å². The number of benzene rings is 2. The Morgan fingerprint density at radius 3 is 2.36 bits per heavy atom. The first kappa shape index (κ1) is 16.3. The number of hydrogen-bond acceptors (Lipinski definition) is 5. The van der Waals surface area contributed by atoms with Crippen molar-refractivity contribution in [2.45, 2.75) is 13.5 Å². The molecular weight excluding hydrogens is 320 g/mol. The molecule has 25 heavy (non-hydrogen) atoms. The Morgan fingerprint density at radius 1 is 1.04 bits per heavy atom. The van der Waals surface area contributed by atoms with Crippen LogP contribution in [0.15, 0.2) is 54.9 Å². The first-order valence-electron chi connectivity index (χ1n) is 7.60. The maximum Gasteiger partial charge on any atom is 0.255 e. The van der Waals surface area contributed by atoms with Crippen molar-refractivity contribution in [1.82, 2.24) is 25.5 Å². The van der Waals surface area contributed by atoms with E-state index in [1.807, 2.05) is 24.3 Å². The van der Waals surface area contributed by atoms with Crippen molar-refractivity contribution in [1.29, 1.82) is 0 Å². The number of amides is 2. The fourth-order valence-corrected chi connectivity index (χ4v) is 2.18. The van der Waals surface area contributed by atoms with Crippen LogP contribution in [0.5, 0.6) is 0 Å². The Labute approximate surface area is 143 Å². The second-order valence-corrected chi connectivity index (χ2v) is 5.36. The second-order valence-electron chi connectivity index (χ2n) is 5.36. The van der Waals surface area contributed by atoms with Gasteiger partial charge in [0.25, 0.3) is 5.91 Å². The molecule has 8 nitrogen and oxygen atoms in total. The number of rotatable bonds is 5. The Morgan fingerprint density at radius 2 is 1.76 bits per heavy atom. The molecule has 0 bridgehead atoms. The summed E-state index contributed by atoms with van der Waals surface area (Å²) < 4.78 is 1.53. The van der Waals surface area contributed by atoms with Crippen molar-refractivity contribution in [3.8, 4) is 5.69 Å². The highest BCUT2D eigenvalue weighted by Gasteiger charge is 2.07. The van der Waals surface area contributed by atoms with E-state index in [9.17, 15) is 9.59 Å². The van der Waals surface area contributed by atoms with Crippen LogP contribution in [0.25, 0.3) is 5.69 Å². The number of nitrogens with zero attached hydrogens (tertiary/aromatic N) is 4. The third kappa shape index (κ3) is 4.25. The molecule has 0 unspecified atom stereocenters. The van der Waals surface area contributed by atoms with Crippen molar-refractivity contribution in [3.63, 3.8) is 0 Å². The SMILES string of the molecule is CC(=O)NCc1ccc(C(=O)Nc2ccc(-n3cnnn3)cc2)cc1. The highest BCUT2D eigenvalue weighted by atomic mass is 16.2. The van der Waals surface area contributed by atoms with Crippen molar-refractivity contribution in [3.05, 3.63) is 66.0 Å². The smallest absolute Gasteiger partial charge is 0.255 e. The summed E-state index contributed by atoms with van der Waals surface area (Å²) in [6.07, 6.45) is 1.50. The summed E-state index contributed by atoms with van der Waals surface area (Å²) in [5.74, 6) is -0.298. The Balaban J connectivity index is 1.62. The molecule has 0 aliphatic rings. The van der Waals surface area contributed by atoms with Crippen molar-refractivity contribution in [2.75, 3.05) is 5.32 Å². The van der Waals surface area contributed by atoms with Gasteiger partial charge in [0.1, 0.15) is 6.33 Å². The molecule has 2 amide bonds. The van der Waals surface area contributed by atoms with E-state index in [2.05, 4.69) is 26.2 Å². The lowest BCUT2D eigenvalue weighted by atomic mass is 10.1. The lowest BCUT2D eigenvalue weighted by Crippen LogP contribution is -2.19. The quantitative estimate of drug-likeness (QED) is 0.736. The van der Waals surface area contributed by atoms with Gasteiger partial charge in [-0.1, -0.05) is 12.1 Å². The largest absolute Gasteiger partial charge is 0.352 e. The van der Waals surface area contributed by atoms with Gasteiger partial charge in [-0.25, -0.2) is 4.68 Å². The molecule has 0 saturated heterocycles. The van der Waals surface area contributed by atoms with E-state index in [0.717, 1.165) is 11.3 Å². The zero-order valence-corrected chi connectivity index (χ0v) is 13.5. The van der Waals surface area contributed by atoms with Crippen molar-refractivity contribution in [2.24, 2.45) is 0 Å². The average Bonchev–Trinajstić information content (AvgIpc) is 3.15. The fraction of sp³-hybridized carbons (Fsp3) is 0.118. The normalized spacial score (nSPS) is 10.3. The van der Waals surface area contributed by atoms with Crippen LogP contribution in [-0.4, -0.2) is 32.0 Å². The summed E-state index contributed by atoms with van der Waals surface area (Å²) in [6.45, 7) is 1.91. The van der Waals surface area contributed by atoms with Gasteiger partial charge in [0.15, 0.2) is 0 Å². The number of carbonyl (C=O) groups excluding carboxylic acids is 2. The van der Waals surface area contributed by atoms with Crippen LogP contribution in [0, 0.1) is 0 Å². The maximum atomic E-state index is 12.3. The summed E-state index contributed by atoms with van der Waals surface area (Å²) in [4.78, 5) is 23.2. The van der Waals surface area contributed by atoms with Gasteiger partial charge in [-0.2, -0.15) is 0 Å². The molecule has 0 spiro atoms. The van der Waals surface area contributed by atoms with Gasteiger partial charge in [0.05, 0.1) is 5.69 Å². The number of aromatic nitrogens is 4. The Kier molecular flexibility index (Phi) is 4.79. The molecule has 1 aromatic heterocycles. The van der Waals surface area contributed by atoms with Gasteiger partial charge in [0, 0.05) is 24.7 Å². The maximum absolute atomic E-state index is 12.3. The van der Waals surface area contributed by atoms with Gasteiger partial charge >= 0.3 is 0 Å². The Hall–Kier alpha value is -3.55. The van der Waals surface area contributed by atoms with Gasteiger partial charge in [-0.05, 0) is 52.4 Å². The highest BCUT2D eigenvalue weighted by Crippen LogP contribution is 2.14. The number of tetrazole rings is 1. The van der Waals surface area contributed by atoms with E-state index in [1.165, 1.54) is 17.9 Å². The predicted octanol–water partition coefficient (Wildman–Crippen LogP) is 1.55. The fourth-order valence-electron chi connectivity index (χ4n) is 2.18. The third-order valence-corrected chi connectivity index (χ3v) is 3.50. The number of carbonyl (C=O) groups is 2. The van der Waals surface area contributed by atoms with Crippen LogP contribution in [0.4, 0.5) is 5.69 Å². The van der Waals surface area contributed by atoms with Crippen molar-refractivity contribution < 1.29 is 9.59 Å². The standard InChI is InChI=1S/C17H16N6O2/c1-12(24)18-10-13-2-4-14(5-3-13)17(25)20-15-6-8-16(9-7-15)23-11-19-21-22-23/h2-9,11H,10H2,1H3,(H,18,24)(H,20,25). The zero-order valence-electron chi connectivity index (χ0n) is 13.5. The van der Waals surface area contributed by atoms with Crippen LogP contribution in [-0.2, 0) is 11.3 Å². The average molecular weight is 336 g/mol. The minimum absolute atomic E-state index is 0.0908. The van der Waals surface area contributed by atoms with E-state index in [4.69, 9.17) is 0 Å². The predicted molar refractivity (Wildman–Crippen MR) is 91.1 cm³/mol. The van der Waals surface area contributed by atoms with E-state index >= 15 is 0 Å². The first-order valence-corrected chi connectivity index (χ1v) is 7.60. The minimum Gasteiger partial charge on any atom is -0.352 e. The van der Waals surface area contributed by atoms with E-state index < -0.39 is 0 Å². The molecule has 0 radical (unpaired) electrons. The highest BCUT2D eigenvalue weighted by molar-refractivity contribution is 6.04. The zero-order chi connectivity index (χ0) is 17.6. The van der Waals surface area contributed by atoms with Crippen molar-refractivity contribution >= 4 is 17.5 Å². The van der Waals surface area contributed by atoms with Gasteiger partial charge < -0.3 is 10.6 Å². The van der Waals surface area contributed by atoms with Crippen LogP contribution in [0.3, 0.4) is 0 Å². The lowest BCUT2D eigenvalue weighted by molar-refractivity contribution is -0.119. The first-order chi connectivity index (χ1) is 12.1. The summed E-state index contributed by atoms with van der Waals surface area (Å²) in [7, 11) is 0. The van der Waals surface area contributed by atoms with Crippen LogP contribution < -0.4 is 10.6 Å².